The third-order valence-corrected chi connectivity index (χ3v) is 8.68. The van der Waals surface area contributed by atoms with Crippen LogP contribution in [0.25, 0.3) is 6.08 Å². The molecule has 2 aromatic carbocycles. The highest BCUT2D eigenvalue weighted by molar-refractivity contribution is 6.42. The van der Waals surface area contributed by atoms with Crippen molar-refractivity contribution in [3.63, 3.8) is 0 Å². The maximum atomic E-state index is 13.4. The third kappa shape index (κ3) is 6.20. The molecule has 1 saturated heterocycles. The Balaban J connectivity index is 1.28. The first-order valence-electron chi connectivity index (χ1n) is 13.1. The number of carbonyl (C=O) groups excluding carboxylic acids is 1. The normalized spacial score (nSPS) is 16.6. The molecule has 5 rings (SSSR count). The maximum Gasteiger partial charge on any atom is 0.322 e. The monoisotopic (exact) mass is 583 g/mol. The van der Waals surface area contributed by atoms with Crippen LogP contribution in [-0.2, 0) is 12.0 Å². The average Bonchev–Trinajstić information content (AvgIpc) is 3.24. The lowest BCUT2D eigenvalue weighted by Gasteiger charge is -2.39. The summed E-state index contributed by atoms with van der Waals surface area (Å²) < 4.78 is 0. The van der Waals surface area contributed by atoms with Crippen molar-refractivity contribution in [2.45, 2.75) is 24.8 Å². The van der Waals surface area contributed by atoms with Gasteiger partial charge in [0, 0.05) is 56.7 Å². The van der Waals surface area contributed by atoms with Gasteiger partial charge >= 0.3 is 6.03 Å². The van der Waals surface area contributed by atoms with Crippen LogP contribution in [0, 0.1) is 0 Å². The number of piperidine rings is 1. The lowest BCUT2D eigenvalue weighted by Crippen LogP contribution is -2.47. The Labute approximate surface area is 245 Å². The number of hydrogen-bond acceptors (Lipinski definition) is 4. The number of hydrogen-bond donors (Lipinski definition) is 1. The van der Waals surface area contributed by atoms with Gasteiger partial charge in [0.2, 0.25) is 0 Å². The zero-order valence-corrected chi connectivity index (χ0v) is 24.4. The maximum absolute atomic E-state index is 13.4. The Bertz CT molecular complexity index is 1380. The van der Waals surface area contributed by atoms with E-state index in [1.165, 1.54) is 5.56 Å². The van der Waals surface area contributed by atoms with Gasteiger partial charge in [0.05, 0.1) is 10.0 Å². The van der Waals surface area contributed by atoms with Crippen LogP contribution in [0.3, 0.4) is 0 Å². The number of urea groups is 1. The third-order valence-electron chi connectivity index (χ3n) is 7.73. The second kappa shape index (κ2) is 11.8. The Hall–Kier alpha value is -2.77. The molecule has 0 aliphatic carbocycles. The van der Waals surface area contributed by atoms with Gasteiger partial charge in [-0.3, -0.25) is 9.80 Å². The summed E-state index contributed by atoms with van der Waals surface area (Å²) in [5.41, 5.74) is 5.30. The van der Waals surface area contributed by atoms with E-state index in [9.17, 15) is 4.79 Å². The predicted molar refractivity (Wildman–Crippen MR) is 162 cm³/mol. The highest BCUT2D eigenvalue weighted by atomic mass is 35.5. The lowest BCUT2D eigenvalue weighted by molar-refractivity contribution is 0.180. The smallest absolute Gasteiger partial charge is 0.322 e. The molecule has 6 nitrogen and oxygen atoms in total. The average molecular weight is 585 g/mol. The van der Waals surface area contributed by atoms with E-state index >= 15 is 0 Å². The molecule has 3 aromatic rings. The molecular formula is C30H32Cl3N5O. The number of fused-ring (bicyclic) bond motifs is 2. The summed E-state index contributed by atoms with van der Waals surface area (Å²) in [6, 6.07) is 15.7. The lowest BCUT2D eigenvalue weighted by atomic mass is 9.74. The van der Waals surface area contributed by atoms with Crippen molar-refractivity contribution in [2.24, 2.45) is 0 Å². The summed E-state index contributed by atoms with van der Waals surface area (Å²) in [5, 5.41) is 4.63. The minimum absolute atomic E-state index is 0.0669. The second-order valence-corrected chi connectivity index (χ2v) is 11.7. The molecule has 1 fully saturated rings. The van der Waals surface area contributed by atoms with E-state index in [2.05, 4.69) is 64.5 Å². The highest BCUT2D eigenvalue weighted by Crippen LogP contribution is 2.48. The number of halogens is 3. The van der Waals surface area contributed by atoms with Gasteiger partial charge in [-0.05, 0) is 85.1 Å². The molecule has 0 bridgehead atoms. The Kier molecular flexibility index (Phi) is 8.38. The van der Waals surface area contributed by atoms with Crippen molar-refractivity contribution in [3.8, 4) is 0 Å². The quantitative estimate of drug-likeness (QED) is 0.321. The second-order valence-electron chi connectivity index (χ2n) is 10.5. The Morgan fingerprint density at radius 1 is 1.05 bits per heavy atom. The number of aromatic nitrogens is 1. The molecule has 0 unspecified atom stereocenters. The molecule has 9 heteroatoms. The molecule has 39 heavy (non-hydrogen) atoms. The van der Waals surface area contributed by atoms with Crippen LogP contribution >= 0.6 is 34.8 Å². The molecule has 1 spiro atoms. The van der Waals surface area contributed by atoms with Gasteiger partial charge in [0.15, 0.2) is 0 Å². The van der Waals surface area contributed by atoms with Gasteiger partial charge in [-0.2, -0.15) is 0 Å². The minimum Gasteiger partial charge on any atom is -0.378 e. The van der Waals surface area contributed by atoms with Crippen molar-refractivity contribution >= 4 is 58.3 Å². The Morgan fingerprint density at radius 2 is 1.85 bits per heavy atom. The molecule has 0 atom stereocenters. The number of amides is 2. The SMILES string of the molecule is CN(C)c1ccc2c(c1)C1(CCN(CC=Cc3ccc(Cl)c(Cl)c3)CC1)CN2C(=O)NCc1ccnc(Cl)c1. The first-order valence-corrected chi connectivity index (χ1v) is 14.2. The van der Waals surface area contributed by atoms with Crippen LogP contribution in [0.15, 0.2) is 60.8 Å². The molecule has 2 aliphatic rings. The van der Waals surface area contributed by atoms with Crippen molar-refractivity contribution in [1.29, 1.82) is 0 Å². The summed E-state index contributed by atoms with van der Waals surface area (Å²) in [7, 11) is 4.10. The van der Waals surface area contributed by atoms with Gasteiger partial charge in [-0.15, -0.1) is 0 Å². The largest absolute Gasteiger partial charge is 0.378 e. The van der Waals surface area contributed by atoms with Crippen molar-refractivity contribution in [3.05, 3.63) is 92.7 Å². The Morgan fingerprint density at radius 3 is 2.56 bits per heavy atom. The van der Waals surface area contributed by atoms with Crippen LogP contribution in [-0.4, -0.2) is 56.2 Å². The van der Waals surface area contributed by atoms with Gasteiger partial charge in [-0.25, -0.2) is 9.78 Å². The molecule has 0 saturated carbocycles. The van der Waals surface area contributed by atoms with E-state index in [0.29, 0.717) is 28.3 Å². The zero-order valence-electron chi connectivity index (χ0n) is 22.1. The highest BCUT2D eigenvalue weighted by Gasteiger charge is 2.46. The predicted octanol–water partition coefficient (Wildman–Crippen LogP) is 6.88. The zero-order chi connectivity index (χ0) is 27.6. The van der Waals surface area contributed by atoms with E-state index in [-0.39, 0.29) is 11.4 Å². The number of rotatable bonds is 6. The number of anilines is 2. The molecule has 1 aromatic heterocycles. The number of pyridine rings is 1. The number of nitrogens with zero attached hydrogens (tertiary/aromatic N) is 4. The molecular weight excluding hydrogens is 553 g/mol. The van der Waals surface area contributed by atoms with E-state index in [1.807, 2.05) is 29.2 Å². The summed E-state index contributed by atoms with van der Waals surface area (Å²) in [6.45, 7) is 3.86. The summed E-state index contributed by atoms with van der Waals surface area (Å²) in [5.74, 6) is 0. The van der Waals surface area contributed by atoms with Crippen LogP contribution in [0.4, 0.5) is 16.2 Å². The molecule has 0 radical (unpaired) electrons. The van der Waals surface area contributed by atoms with Gasteiger partial charge < -0.3 is 10.2 Å². The number of carbonyl (C=O) groups is 1. The van der Waals surface area contributed by atoms with Gasteiger partial charge in [0.25, 0.3) is 0 Å². The summed E-state index contributed by atoms with van der Waals surface area (Å²) in [6.07, 6.45) is 7.89. The van der Waals surface area contributed by atoms with Crippen molar-refractivity contribution < 1.29 is 4.79 Å². The number of nitrogens with one attached hydrogen (secondary N) is 1. The standard InChI is InChI=1S/C30H32Cl3N5O/c1-36(2)23-6-8-27-24(18-23)30(20-38(27)29(39)35-19-22-9-12-34-28(33)17-22)10-14-37(15-11-30)13-3-4-21-5-7-25(31)26(32)16-21/h3-9,12,16-18H,10-11,13-15,19-20H2,1-2H3,(H,35,39). The van der Waals surface area contributed by atoms with Crippen LogP contribution < -0.4 is 15.1 Å². The van der Waals surface area contributed by atoms with E-state index < -0.39 is 0 Å². The van der Waals surface area contributed by atoms with E-state index in [0.717, 1.165) is 55.0 Å². The fourth-order valence-corrected chi connectivity index (χ4v) is 5.99. The minimum atomic E-state index is -0.0920. The number of benzene rings is 2. The molecule has 2 amide bonds. The molecule has 3 heterocycles. The fourth-order valence-electron chi connectivity index (χ4n) is 5.49. The summed E-state index contributed by atoms with van der Waals surface area (Å²) in [4.78, 5) is 23.9. The topological polar surface area (TPSA) is 51.7 Å². The van der Waals surface area contributed by atoms with Crippen molar-refractivity contribution in [1.82, 2.24) is 15.2 Å². The first-order chi connectivity index (χ1) is 18.7. The van der Waals surface area contributed by atoms with E-state index in [4.69, 9.17) is 34.8 Å². The van der Waals surface area contributed by atoms with Crippen molar-refractivity contribution in [2.75, 3.05) is 50.1 Å². The van der Waals surface area contributed by atoms with Gasteiger partial charge in [-0.1, -0.05) is 53.0 Å². The van der Waals surface area contributed by atoms with Gasteiger partial charge in [0.1, 0.15) is 5.15 Å². The van der Waals surface area contributed by atoms with E-state index in [1.54, 1.807) is 12.3 Å². The molecule has 1 N–H and O–H groups in total. The van der Waals surface area contributed by atoms with Crippen LogP contribution in [0.5, 0.6) is 0 Å². The summed E-state index contributed by atoms with van der Waals surface area (Å²) >= 11 is 18.2. The van der Waals surface area contributed by atoms with Crippen LogP contribution in [0.1, 0.15) is 29.5 Å². The first kappa shape index (κ1) is 27.8. The molecule has 2 aliphatic heterocycles. The number of likely N-dealkylation sites (tertiary alicyclic amines) is 1. The molecule has 204 valence electrons. The van der Waals surface area contributed by atoms with Crippen LogP contribution in [0.2, 0.25) is 15.2 Å². The fraction of sp³-hybridized carbons (Fsp3) is 0.333.